The first-order valence-electron chi connectivity index (χ1n) is 8.79. The van der Waals surface area contributed by atoms with Gasteiger partial charge in [0.1, 0.15) is 5.82 Å². The summed E-state index contributed by atoms with van der Waals surface area (Å²) >= 11 is 1.52. The molecule has 0 saturated carbocycles. The Labute approximate surface area is 161 Å². The Bertz CT molecular complexity index is 924. The summed E-state index contributed by atoms with van der Waals surface area (Å²) in [6, 6.07) is 3.62. The standard InChI is InChI=1S/C19H22N4O3S/c1-4-5-9-27-19-22-16-15(17(24)23-19)14(12-7-6-8-20-10-12)13(11(2)21-16)18(25)26-3/h6-8,10,14H,4-5,9H2,1-3H3,(H2,21,22,23,24)/t14-/m0/s1. The van der Waals surface area contributed by atoms with Crippen molar-refractivity contribution < 1.29 is 9.53 Å². The number of pyridine rings is 1. The van der Waals surface area contributed by atoms with Crippen LogP contribution in [0.5, 0.6) is 0 Å². The number of hydrogen-bond donors (Lipinski definition) is 2. The second-order valence-electron chi connectivity index (χ2n) is 6.21. The van der Waals surface area contributed by atoms with Gasteiger partial charge in [0.25, 0.3) is 5.56 Å². The number of thioether (sulfide) groups is 1. The van der Waals surface area contributed by atoms with Gasteiger partial charge < -0.3 is 15.0 Å². The normalized spacial score (nSPS) is 15.9. The van der Waals surface area contributed by atoms with E-state index in [9.17, 15) is 9.59 Å². The molecule has 1 aliphatic rings. The zero-order valence-corrected chi connectivity index (χ0v) is 16.4. The number of unbranched alkanes of at least 4 members (excludes halogenated alkanes) is 1. The summed E-state index contributed by atoms with van der Waals surface area (Å²) < 4.78 is 4.96. The van der Waals surface area contributed by atoms with Gasteiger partial charge in [0.05, 0.1) is 24.2 Å². The Morgan fingerprint density at radius 2 is 2.22 bits per heavy atom. The Morgan fingerprint density at radius 3 is 2.89 bits per heavy atom. The molecule has 0 amide bonds. The van der Waals surface area contributed by atoms with Crippen molar-refractivity contribution in [2.75, 3.05) is 18.2 Å². The summed E-state index contributed by atoms with van der Waals surface area (Å²) in [4.78, 5) is 36.9. The van der Waals surface area contributed by atoms with E-state index in [-0.39, 0.29) is 5.56 Å². The number of aromatic nitrogens is 3. The highest BCUT2D eigenvalue weighted by Crippen LogP contribution is 2.39. The molecular weight excluding hydrogens is 364 g/mol. The van der Waals surface area contributed by atoms with Crippen molar-refractivity contribution in [1.82, 2.24) is 15.0 Å². The molecular formula is C19H22N4O3S. The number of nitrogens with one attached hydrogen (secondary N) is 2. The van der Waals surface area contributed by atoms with Crippen molar-refractivity contribution in [2.24, 2.45) is 0 Å². The molecule has 2 aromatic rings. The van der Waals surface area contributed by atoms with E-state index in [2.05, 4.69) is 27.2 Å². The summed E-state index contributed by atoms with van der Waals surface area (Å²) in [7, 11) is 1.33. The number of methoxy groups -OCH3 is 1. The molecule has 0 unspecified atom stereocenters. The third-order valence-corrected chi connectivity index (χ3v) is 5.34. The van der Waals surface area contributed by atoms with Crippen LogP contribution in [0.2, 0.25) is 0 Å². The Hall–Kier alpha value is -2.61. The molecule has 27 heavy (non-hydrogen) atoms. The topological polar surface area (TPSA) is 97.0 Å². The quantitative estimate of drug-likeness (QED) is 0.341. The molecule has 0 radical (unpaired) electrons. The van der Waals surface area contributed by atoms with E-state index in [0.717, 1.165) is 24.2 Å². The van der Waals surface area contributed by atoms with Gasteiger partial charge in [0.2, 0.25) is 0 Å². The number of esters is 1. The van der Waals surface area contributed by atoms with Crippen LogP contribution in [0, 0.1) is 0 Å². The third kappa shape index (κ3) is 3.90. The van der Waals surface area contributed by atoms with Gasteiger partial charge in [-0.05, 0) is 25.0 Å². The van der Waals surface area contributed by atoms with Crippen molar-refractivity contribution in [3.63, 3.8) is 0 Å². The van der Waals surface area contributed by atoms with Crippen LogP contribution >= 0.6 is 11.8 Å². The summed E-state index contributed by atoms with van der Waals surface area (Å²) in [6.45, 7) is 3.90. The monoisotopic (exact) mass is 386 g/mol. The maximum atomic E-state index is 12.9. The molecule has 0 bridgehead atoms. The Balaban J connectivity index is 2.12. The number of fused-ring (bicyclic) bond motifs is 1. The lowest BCUT2D eigenvalue weighted by Crippen LogP contribution is -2.31. The predicted octanol–water partition coefficient (Wildman–Crippen LogP) is 3.06. The maximum absolute atomic E-state index is 12.9. The molecule has 0 aliphatic carbocycles. The predicted molar refractivity (Wildman–Crippen MR) is 105 cm³/mol. The Morgan fingerprint density at radius 1 is 1.41 bits per heavy atom. The van der Waals surface area contributed by atoms with Gasteiger partial charge in [0, 0.05) is 23.8 Å². The van der Waals surface area contributed by atoms with Gasteiger partial charge in [-0.2, -0.15) is 0 Å². The molecule has 0 saturated heterocycles. The number of carbonyl (C=O) groups is 1. The first kappa shape index (κ1) is 19.2. The third-order valence-electron chi connectivity index (χ3n) is 4.38. The van der Waals surface area contributed by atoms with Gasteiger partial charge in [-0.15, -0.1) is 0 Å². The Kier molecular flexibility index (Phi) is 5.95. The molecule has 0 fully saturated rings. The van der Waals surface area contributed by atoms with Gasteiger partial charge in [0.15, 0.2) is 5.16 Å². The minimum Gasteiger partial charge on any atom is -0.466 e. The first-order valence-corrected chi connectivity index (χ1v) is 9.78. The second kappa shape index (κ2) is 8.39. The average Bonchev–Trinajstić information content (AvgIpc) is 2.67. The highest BCUT2D eigenvalue weighted by molar-refractivity contribution is 7.99. The molecule has 3 heterocycles. The molecule has 0 spiro atoms. The first-order chi connectivity index (χ1) is 13.1. The van der Waals surface area contributed by atoms with Crippen molar-refractivity contribution in [3.8, 4) is 0 Å². The summed E-state index contributed by atoms with van der Waals surface area (Å²) in [5, 5.41) is 3.68. The van der Waals surface area contributed by atoms with E-state index in [1.807, 2.05) is 6.07 Å². The fourth-order valence-corrected chi connectivity index (χ4v) is 4.02. The number of H-pyrrole nitrogens is 1. The molecule has 2 N–H and O–H groups in total. The van der Waals surface area contributed by atoms with Crippen molar-refractivity contribution in [1.29, 1.82) is 0 Å². The second-order valence-corrected chi connectivity index (χ2v) is 7.29. The van der Waals surface area contributed by atoms with Crippen LogP contribution in [0.3, 0.4) is 0 Å². The lowest BCUT2D eigenvalue weighted by molar-refractivity contribution is -0.136. The number of ether oxygens (including phenoxy) is 1. The van der Waals surface area contributed by atoms with Crippen molar-refractivity contribution >= 4 is 23.5 Å². The van der Waals surface area contributed by atoms with E-state index in [4.69, 9.17) is 4.74 Å². The average molecular weight is 386 g/mol. The molecule has 142 valence electrons. The molecule has 7 nitrogen and oxygen atoms in total. The number of carbonyl (C=O) groups excluding carboxylic acids is 1. The fourth-order valence-electron chi connectivity index (χ4n) is 3.07. The van der Waals surface area contributed by atoms with Crippen LogP contribution in [-0.2, 0) is 9.53 Å². The molecule has 1 aliphatic heterocycles. The van der Waals surface area contributed by atoms with Crippen LogP contribution < -0.4 is 10.9 Å². The maximum Gasteiger partial charge on any atom is 0.336 e. The highest BCUT2D eigenvalue weighted by atomic mass is 32.2. The van der Waals surface area contributed by atoms with Crippen LogP contribution in [0.1, 0.15) is 43.7 Å². The van der Waals surface area contributed by atoms with Crippen LogP contribution in [-0.4, -0.2) is 33.8 Å². The van der Waals surface area contributed by atoms with E-state index in [1.165, 1.54) is 18.9 Å². The molecule has 3 rings (SSSR count). The number of rotatable bonds is 6. The van der Waals surface area contributed by atoms with Crippen LogP contribution in [0.4, 0.5) is 5.82 Å². The number of nitrogens with zero attached hydrogens (tertiary/aromatic N) is 2. The zero-order valence-electron chi connectivity index (χ0n) is 15.5. The van der Waals surface area contributed by atoms with E-state index in [1.54, 1.807) is 25.4 Å². The molecule has 2 aromatic heterocycles. The SMILES string of the molecule is CCCCSc1nc2c(c(=O)[nH]1)[C@@H](c1cccnc1)C(C(=O)OC)=C(C)N2. The van der Waals surface area contributed by atoms with E-state index < -0.39 is 11.9 Å². The van der Waals surface area contributed by atoms with Gasteiger partial charge in [-0.1, -0.05) is 31.2 Å². The number of allylic oxidation sites excluding steroid dienone is 1. The van der Waals surface area contributed by atoms with Gasteiger partial charge >= 0.3 is 5.97 Å². The summed E-state index contributed by atoms with van der Waals surface area (Å²) in [5.74, 6) is 0.275. The van der Waals surface area contributed by atoms with Crippen LogP contribution in [0.25, 0.3) is 0 Å². The van der Waals surface area contributed by atoms with E-state index >= 15 is 0 Å². The zero-order chi connectivity index (χ0) is 19.4. The van der Waals surface area contributed by atoms with E-state index in [0.29, 0.717) is 27.8 Å². The minimum absolute atomic E-state index is 0.269. The molecule has 1 atom stereocenters. The lowest BCUT2D eigenvalue weighted by Gasteiger charge is -2.28. The number of hydrogen-bond acceptors (Lipinski definition) is 7. The number of aromatic amines is 1. The molecule has 0 aromatic carbocycles. The van der Waals surface area contributed by atoms with Crippen molar-refractivity contribution in [2.45, 2.75) is 37.8 Å². The van der Waals surface area contributed by atoms with Crippen molar-refractivity contribution in [3.05, 3.63) is 57.3 Å². The molecule has 8 heteroatoms. The van der Waals surface area contributed by atoms with Gasteiger partial charge in [-0.25, -0.2) is 9.78 Å². The number of anilines is 1. The fraction of sp³-hybridized carbons (Fsp3) is 0.368. The smallest absolute Gasteiger partial charge is 0.336 e. The lowest BCUT2D eigenvalue weighted by atomic mass is 9.83. The van der Waals surface area contributed by atoms with Gasteiger partial charge in [-0.3, -0.25) is 9.78 Å². The summed E-state index contributed by atoms with van der Waals surface area (Å²) in [6.07, 6.45) is 5.42. The minimum atomic E-state index is -0.589. The highest BCUT2D eigenvalue weighted by Gasteiger charge is 2.36. The largest absolute Gasteiger partial charge is 0.466 e. The summed E-state index contributed by atoms with van der Waals surface area (Å²) in [5.41, 5.74) is 1.87. The van der Waals surface area contributed by atoms with Crippen LogP contribution in [0.15, 0.2) is 45.7 Å².